The zero-order valence-corrected chi connectivity index (χ0v) is 19.7. The van der Waals surface area contributed by atoms with Gasteiger partial charge in [-0.15, -0.1) is 0 Å². The van der Waals surface area contributed by atoms with Gasteiger partial charge < -0.3 is 20.3 Å². The molecule has 0 unspecified atom stereocenters. The van der Waals surface area contributed by atoms with Crippen LogP contribution in [0.4, 0.5) is 11.4 Å². The number of aryl methyl sites for hydroxylation is 1. The van der Waals surface area contributed by atoms with Crippen LogP contribution in [-0.4, -0.2) is 30.8 Å². The second-order valence-electron chi connectivity index (χ2n) is 8.33. The van der Waals surface area contributed by atoms with Crippen molar-refractivity contribution < 1.29 is 9.53 Å². The van der Waals surface area contributed by atoms with Gasteiger partial charge in [-0.3, -0.25) is 0 Å². The molecule has 0 aliphatic carbocycles. The summed E-state index contributed by atoms with van der Waals surface area (Å²) in [4.78, 5) is 14.5. The van der Waals surface area contributed by atoms with Gasteiger partial charge in [0.2, 0.25) is 0 Å². The van der Waals surface area contributed by atoms with Crippen molar-refractivity contribution in [1.82, 2.24) is 5.32 Å². The maximum absolute atomic E-state index is 12.0. The second kappa shape index (κ2) is 10.6. The molecule has 2 aromatic carbocycles. The summed E-state index contributed by atoms with van der Waals surface area (Å²) in [5, 5.41) is 7.08. The molecule has 0 amide bonds. The van der Waals surface area contributed by atoms with Crippen molar-refractivity contribution in [3.8, 4) is 0 Å². The van der Waals surface area contributed by atoms with Crippen LogP contribution in [0.15, 0.2) is 42.5 Å². The summed E-state index contributed by atoms with van der Waals surface area (Å²) in [6.45, 7) is 10.8. The van der Waals surface area contributed by atoms with Crippen LogP contribution >= 0.6 is 12.2 Å². The molecule has 1 aliphatic rings. The first-order chi connectivity index (χ1) is 14.9. The summed E-state index contributed by atoms with van der Waals surface area (Å²) in [5.41, 5.74) is 4.77. The summed E-state index contributed by atoms with van der Waals surface area (Å²) >= 11 is 5.52. The van der Waals surface area contributed by atoms with Gasteiger partial charge in [0, 0.05) is 24.5 Å². The molecule has 0 aromatic heterocycles. The third-order valence-electron chi connectivity index (χ3n) is 5.89. The Kier molecular flexibility index (Phi) is 7.91. The van der Waals surface area contributed by atoms with Gasteiger partial charge >= 0.3 is 5.97 Å². The lowest BCUT2D eigenvalue weighted by molar-refractivity contribution is 0.0526. The van der Waals surface area contributed by atoms with Crippen LogP contribution in [-0.2, 0) is 4.74 Å². The van der Waals surface area contributed by atoms with Gasteiger partial charge in [-0.2, -0.15) is 0 Å². The van der Waals surface area contributed by atoms with Crippen LogP contribution in [0.2, 0.25) is 0 Å². The number of rotatable bonds is 6. The Morgan fingerprint density at radius 3 is 2.52 bits per heavy atom. The molecule has 1 aliphatic heterocycles. The Bertz CT molecular complexity index is 905. The van der Waals surface area contributed by atoms with Crippen molar-refractivity contribution in [3.63, 3.8) is 0 Å². The van der Waals surface area contributed by atoms with E-state index in [2.05, 4.69) is 53.6 Å². The van der Waals surface area contributed by atoms with Gasteiger partial charge in [0.1, 0.15) is 0 Å². The first kappa shape index (κ1) is 23.1. The van der Waals surface area contributed by atoms with Gasteiger partial charge in [0.05, 0.1) is 18.2 Å². The summed E-state index contributed by atoms with van der Waals surface area (Å²) < 4.78 is 5.09. The highest BCUT2D eigenvalue weighted by atomic mass is 32.1. The van der Waals surface area contributed by atoms with E-state index in [9.17, 15) is 4.79 Å². The van der Waals surface area contributed by atoms with Gasteiger partial charge in [-0.1, -0.05) is 25.1 Å². The van der Waals surface area contributed by atoms with E-state index in [-0.39, 0.29) is 12.0 Å². The molecule has 2 N–H and O–H groups in total. The standard InChI is InChI=1S/C25H33N3O2S/c1-5-30-24(29)21-7-6-18(3)23(16-21)27-25(31)26-19(4)20-8-10-22(11-9-20)28-14-12-17(2)13-15-28/h6-11,16-17,19H,5,12-15H2,1-4H3,(H2,26,27,31)/t19-/m0/s1. The number of ether oxygens (including phenoxy) is 1. The topological polar surface area (TPSA) is 53.6 Å². The number of anilines is 2. The molecule has 0 radical (unpaired) electrons. The molecule has 31 heavy (non-hydrogen) atoms. The zero-order valence-electron chi connectivity index (χ0n) is 18.9. The van der Waals surface area contributed by atoms with Crippen LogP contribution in [0.5, 0.6) is 0 Å². The summed E-state index contributed by atoms with van der Waals surface area (Å²) in [7, 11) is 0. The van der Waals surface area contributed by atoms with Gasteiger partial charge in [-0.25, -0.2) is 4.79 Å². The molecular weight excluding hydrogens is 406 g/mol. The first-order valence-corrected chi connectivity index (χ1v) is 11.5. The highest BCUT2D eigenvalue weighted by Gasteiger charge is 2.16. The van der Waals surface area contributed by atoms with E-state index in [1.54, 1.807) is 19.1 Å². The Balaban J connectivity index is 1.59. The molecule has 1 heterocycles. The van der Waals surface area contributed by atoms with Crippen molar-refractivity contribution in [1.29, 1.82) is 0 Å². The molecule has 0 spiro atoms. The molecule has 3 rings (SSSR count). The number of carbonyl (C=O) groups excluding carboxylic acids is 1. The van der Waals surface area contributed by atoms with E-state index in [1.165, 1.54) is 24.1 Å². The van der Waals surface area contributed by atoms with Crippen LogP contribution in [0, 0.1) is 12.8 Å². The summed E-state index contributed by atoms with van der Waals surface area (Å²) in [5.74, 6) is 0.496. The van der Waals surface area contributed by atoms with E-state index < -0.39 is 0 Å². The fourth-order valence-corrected chi connectivity index (χ4v) is 4.06. The van der Waals surface area contributed by atoms with Crippen LogP contribution in [0.25, 0.3) is 0 Å². The fourth-order valence-electron chi connectivity index (χ4n) is 3.78. The summed E-state index contributed by atoms with van der Waals surface area (Å²) in [6, 6.07) is 14.2. The molecule has 5 nitrogen and oxygen atoms in total. The van der Waals surface area contributed by atoms with E-state index in [0.29, 0.717) is 17.3 Å². The van der Waals surface area contributed by atoms with Crippen molar-refractivity contribution in [2.45, 2.75) is 46.6 Å². The van der Waals surface area contributed by atoms with Crippen LogP contribution in [0.3, 0.4) is 0 Å². The Morgan fingerprint density at radius 2 is 1.87 bits per heavy atom. The third-order valence-corrected chi connectivity index (χ3v) is 6.11. The normalized spacial score (nSPS) is 15.3. The van der Waals surface area contributed by atoms with E-state index >= 15 is 0 Å². The molecule has 6 heteroatoms. The number of nitrogens with zero attached hydrogens (tertiary/aromatic N) is 1. The predicted molar refractivity (Wildman–Crippen MR) is 132 cm³/mol. The number of piperidine rings is 1. The zero-order chi connectivity index (χ0) is 22.4. The molecule has 2 aromatic rings. The number of carbonyl (C=O) groups is 1. The summed E-state index contributed by atoms with van der Waals surface area (Å²) in [6.07, 6.45) is 2.52. The van der Waals surface area contributed by atoms with Crippen molar-refractivity contribution >= 4 is 34.7 Å². The number of thiocarbonyl (C=S) groups is 1. The predicted octanol–water partition coefficient (Wildman–Crippen LogP) is 5.46. The minimum absolute atomic E-state index is 0.0592. The fraction of sp³-hybridized carbons (Fsp3) is 0.440. The van der Waals surface area contributed by atoms with Gasteiger partial charge in [0.25, 0.3) is 0 Å². The average molecular weight is 440 g/mol. The quantitative estimate of drug-likeness (QED) is 0.461. The lowest BCUT2D eigenvalue weighted by atomic mass is 9.98. The molecule has 166 valence electrons. The van der Waals surface area contributed by atoms with Crippen molar-refractivity contribution in [2.75, 3.05) is 29.9 Å². The average Bonchev–Trinajstić information content (AvgIpc) is 2.76. The number of hydrogen-bond donors (Lipinski definition) is 2. The minimum Gasteiger partial charge on any atom is -0.462 e. The Morgan fingerprint density at radius 1 is 1.19 bits per heavy atom. The molecule has 1 saturated heterocycles. The molecule has 1 atom stereocenters. The number of hydrogen-bond acceptors (Lipinski definition) is 4. The molecule has 0 saturated carbocycles. The van der Waals surface area contributed by atoms with E-state index in [4.69, 9.17) is 17.0 Å². The number of esters is 1. The first-order valence-electron chi connectivity index (χ1n) is 11.1. The highest BCUT2D eigenvalue weighted by Crippen LogP contribution is 2.25. The Hall–Kier alpha value is -2.60. The van der Waals surface area contributed by atoms with E-state index in [0.717, 1.165) is 30.3 Å². The monoisotopic (exact) mass is 439 g/mol. The minimum atomic E-state index is -0.332. The lowest BCUT2D eigenvalue weighted by Gasteiger charge is -2.32. The van der Waals surface area contributed by atoms with Crippen LogP contribution in [0.1, 0.15) is 61.1 Å². The molecular formula is C25H33N3O2S. The molecule has 1 fully saturated rings. The maximum atomic E-state index is 12.0. The maximum Gasteiger partial charge on any atom is 0.338 e. The largest absolute Gasteiger partial charge is 0.462 e. The highest BCUT2D eigenvalue weighted by molar-refractivity contribution is 7.80. The van der Waals surface area contributed by atoms with E-state index in [1.807, 2.05) is 13.0 Å². The smallest absolute Gasteiger partial charge is 0.338 e. The molecule has 0 bridgehead atoms. The SMILES string of the molecule is CCOC(=O)c1ccc(C)c(NC(=S)N[C@@H](C)c2ccc(N3CCC(C)CC3)cc2)c1. The van der Waals surface area contributed by atoms with Crippen molar-refractivity contribution in [2.24, 2.45) is 5.92 Å². The second-order valence-corrected chi connectivity index (χ2v) is 8.74. The van der Waals surface area contributed by atoms with Gasteiger partial charge in [0.15, 0.2) is 5.11 Å². The lowest BCUT2D eigenvalue weighted by Crippen LogP contribution is -2.33. The third kappa shape index (κ3) is 6.20. The Labute approximate surface area is 191 Å². The van der Waals surface area contributed by atoms with Crippen LogP contribution < -0.4 is 15.5 Å². The number of benzene rings is 2. The van der Waals surface area contributed by atoms with Crippen molar-refractivity contribution in [3.05, 3.63) is 59.2 Å². The van der Waals surface area contributed by atoms with Gasteiger partial charge in [-0.05, 0) is 87.1 Å². The number of nitrogens with one attached hydrogen (secondary N) is 2.